The summed E-state index contributed by atoms with van der Waals surface area (Å²) in [5, 5.41) is 12.8. The zero-order valence-corrected chi connectivity index (χ0v) is 13.2. The minimum absolute atomic E-state index is 0.282. The van der Waals surface area contributed by atoms with Crippen molar-refractivity contribution >= 4 is 11.8 Å². The molecular formula is C16H27NOS. The molecule has 0 saturated heterocycles. The second-order valence-electron chi connectivity index (χ2n) is 4.99. The third kappa shape index (κ3) is 5.98. The lowest BCUT2D eigenvalue weighted by Crippen LogP contribution is -2.20. The summed E-state index contributed by atoms with van der Waals surface area (Å²) in [6.07, 6.45) is 3.23. The third-order valence-corrected chi connectivity index (χ3v) is 4.68. The van der Waals surface area contributed by atoms with E-state index in [0.717, 1.165) is 18.6 Å². The molecule has 0 spiro atoms. The fourth-order valence-corrected chi connectivity index (χ4v) is 3.23. The van der Waals surface area contributed by atoms with Crippen molar-refractivity contribution in [1.29, 1.82) is 0 Å². The van der Waals surface area contributed by atoms with Gasteiger partial charge in [-0.3, -0.25) is 0 Å². The summed E-state index contributed by atoms with van der Waals surface area (Å²) in [4.78, 5) is 0. The first-order valence-electron chi connectivity index (χ1n) is 7.19. The molecule has 3 heteroatoms. The molecule has 2 N–H and O–H groups in total. The van der Waals surface area contributed by atoms with Crippen molar-refractivity contribution in [1.82, 2.24) is 5.32 Å². The number of rotatable bonds is 9. The van der Waals surface area contributed by atoms with E-state index in [-0.39, 0.29) is 6.61 Å². The van der Waals surface area contributed by atoms with Gasteiger partial charge >= 0.3 is 0 Å². The highest BCUT2D eigenvalue weighted by Crippen LogP contribution is 2.23. The first-order chi connectivity index (χ1) is 9.21. The third-order valence-electron chi connectivity index (χ3n) is 3.35. The number of nitrogens with one attached hydrogen (secondary N) is 1. The SMILES string of the molecule is CCCc1ccc(C(CSC(C)CCO)NC)cc1. The van der Waals surface area contributed by atoms with Gasteiger partial charge < -0.3 is 10.4 Å². The molecule has 0 bridgehead atoms. The molecule has 0 fully saturated rings. The van der Waals surface area contributed by atoms with Crippen molar-refractivity contribution in [3.63, 3.8) is 0 Å². The van der Waals surface area contributed by atoms with Crippen LogP contribution in [-0.4, -0.2) is 29.8 Å². The summed E-state index contributed by atoms with van der Waals surface area (Å²) in [6.45, 7) is 4.67. The van der Waals surface area contributed by atoms with Crippen molar-refractivity contribution in [3.8, 4) is 0 Å². The van der Waals surface area contributed by atoms with Gasteiger partial charge in [0.15, 0.2) is 0 Å². The first-order valence-corrected chi connectivity index (χ1v) is 8.24. The molecule has 1 aromatic carbocycles. The standard InChI is InChI=1S/C16H27NOS/c1-4-5-14-6-8-15(9-7-14)16(17-3)12-19-13(2)10-11-18/h6-9,13,16-18H,4-5,10-12H2,1-3H3. The van der Waals surface area contributed by atoms with Gasteiger partial charge in [0.2, 0.25) is 0 Å². The largest absolute Gasteiger partial charge is 0.396 e. The predicted octanol–water partition coefficient (Wildman–Crippen LogP) is 3.40. The van der Waals surface area contributed by atoms with Gasteiger partial charge in [-0.2, -0.15) is 11.8 Å². The van der Waals surface area contributed by atoms with Crippen LogP contribution < -0.4 is 5.32 Å². The number of thioether (sulfide) groups is 1. The molecule has 2 nitrogen and oxygen atoms in total. The van der Waals surface area contributed by atoms with Gasteiger partial charge in [0.05, 0.1) is 0 Å². The molecule has 108 valence electrons. The molecule has 0 aliphatic heterocycles. The van der Waals surface area contributed by atoms with Crippen molar-refractivity contribution in [2.45, 2.75) is 44.4 Å². The quantitative estimate of drug-likeness (QED) is 0.727. The Kier molecular flexibility index (Phi) is 8.19. The predicted molar refractivity (Wildman–Crippen MR) is 85.9 cm³/mol. The fourth-order valence-electron chi connectivity index (χ4n) is 2.08. The van der Waals surface area contributed by atoms with Gasteiger partial charge in [0.1, 0.15) is 0 Å². The summed E-state index contributed by atoms with van der Waals surface area (Å²) < 4.78 is 0. The summed E-state index contributed by atoms with van der Waals surface area (Å²) in [5.74, 6) is 1.05. The molecule has 0 aliphatic rings. The fraction of sp³-hybridized carbons (Fsp3) is 0.625. The normalized spacial score (nSPS) is 14.3. The van der Waals surface area contributed by atoms with E-state index in [1.165, 1.54) is 17.5 Å². The molecule has 0 aliphatic carbocycles. The molecule has 1 aromatic rings. The number of benzene rings is 1. The molecule has 19 heavy (non-hydrogen) atoms. The number of aryl methyl sites for hydroxylation is 1. The van der Waals surface area contributed by atoms with Gasteiger partial charge in [0.25, 0.3) is 0 Å². The number of hydrogen-bond acceptors (Lipinski definition) is 3. The lowest BCUT2D eigenvalue weighted by atomic mass is 10.0. The second-order valence-corrected chi connectivity index (χ2v) is 6.46. The van der Waals surface area contributed by atoms with Crippen LogP contribution in [0.5, 0.6) is 0 Å². The van der Waals surface area contributed by atoms with E-state index in [1.54, 1.807) is 0 Å². The Hall–Kier alpha value is -0.510. The number of aliphatic hydroxyl groups is 1. The summed E-state index contributed by atoms with van der Waals surface area (Å²) in [7, 11) is 2.02. The van der Waals surface area contributed by atoms with Gasteiger partial charge in [-0.15, -0.1) is 0 Å². The van der Waals surface area contributed by atoms with Crippen LogP contribution in [0, 0.1) is 0 Å². The van der Waals surface area contributed by atoms with Crippen LogP contribution in [0.2, 0.25) is 0 Å². The Bertz CT molecular complexity index is 339. The summed E-state index contributed by atoms with van der Waals surface area (Å²) in [6, 6.07) is 9.35. The van der Waals surface area contributed by atoms with E-state index in [2.05, 4.69) is 43.4 Å². The zero-order chi connectivity index (χ0) is 14.1. The van der Waals surface area contributed by atoms with Gasteiger partial charge in [-0.1, -0.05) is 44.5 Å². The molecule has 2 atom stereocenters. The van der Waals surface area contributed by atoms with Crippen molar-refractivity contribution < 1.29 is 5.11 Å². The van der Waals surface area contributed by atoms with E-state index < -0.39 is 0 Å². The van der Waals surface area contributed by atoms with E-state index in [4.69, 9.17) is 5.11 Å². The Morgan fingerprint density at radius 2 is 1.95 bits per heavy atom. The van der Waals surface area contributed by atoms with E-state index in [9.17, 15) is 0 Å². The van der Waals surface area contributed by atoms with Crippen molar-refractivity contribution in [2.24, 2.45) is 0 Å². The van der Waals surface area contributed by atoms with Crippen molar-refractivity contribution in [3.05, 3.63) is 35.4 Å². The smallest absolute Gasteiger partial charge is 0.0441 e. The minimum atomic E-state index is 0.282. The molecule has 0 amide bonds. The van der Waals surface area contributed by atoms with Crippen LogP contribution in [0.3, 0.4) is 0 Å². The lowest BCUT2D eigenvalue weighted by Gasteiger charge is -2.19. The highest BCUT2D eigenvalue weighted by Gasteiger charge is 2.11. The number of aliphatic hydroxyl groups excluding tert-OH is 1. The van der Waals surface area contributed by atoms with E-state index in [0.29, 0.717) is 11.3 Å². The van der Waals surface area contributed by atoms with E-state index >= 15 is 0 Å². The minimum Gasteiger partial charge on any atom is -0.396 e. The average molecular weight is 281 g/mol. The van der Waals surface area contributed by atoms with E-state index in [1.807, 2.05) is 18.8 Å². The van der Waals surface area contributed by atoms with Crippen LogP contribution in [0.15, 0.2) is 24.3 Å². The lowest BCUT2D eigenvalue weighted by molar-refractivity contribution is 0.289. The van der Waals surface area contributed by atoms with Crippen LogP contribution in [0.4, 0.5) is 0 Å². The average Bonchev–Trinajstić information content (AvgIpc) is 2.42. The maximum Gasteiger partial charge on any atom is 0.0441 e. The first kappa shape index (κ1) is 16.5. The van der Waals surface area contributed by atoms with Gasteiger partial charge in [-0.05, 0) is 31.0 Å². The zero-order valence-electron chi connectivity index (χ0n) is 12.4. The van der Waals surface area contributed by atoms with Gasteiger partial charge in [-0.25, -0.2) is 0 Å². The maximum absolute atomic E-state index is 8.93. The van der Waals surface area contributed by atoms with Gasteiger partial charge in [0, 0.05) is 23.7 Å². The Morgan fingerprint density at radius 3 is 2.47 bits per heavy atom. The molecule has 1 rings (SSSR count). The molecule has 2 unspecified atom stereocenters. The topological polar surface area (TPSA) is 32.3 Å². The van der Waals surface area contributed by atoms with Crippen LogP contribution in [0.25, 0.3) is 0 Å². The molecule has 0 saturated carbocycles. The highest BCUT2D eigenvalue weighted by molar-refractivity contribution is 7.99. The monoisotopic (exact) mass is 281 g/mol. The molecule has 0 radical (unpaired) electrons. The number of hydrogen-bond donors (Lipinski definition) is 2. The summed E-state index contributed by atoms with van der Waals surface area (Å²) >= 11 is 1.92. The molecular weight excluding hydrogens is 254 g/mol. The van der Waals surface area contributed by atoms with Crippen LogP contribution >= 0.6 is 11.8 Å². The Labute approximate surface area is 122 Å². The maximum atomic E-state index is 8.93. The van der Waals surface area contributed by atoms with Crippen LogP contribution in [0.1, 0.15) is 43.9 Å². The second kappa shape index (κ2) is 9.40. The summed E-state index contributed by atoms with van der Waals surface area (Å²) in [5.41, 5.74) is 2.77. The Morgan fingerprint density at radius 1 is 1.26 bits per heavy atom. The highest BCUT2D eigenvalue weighted by atomic mass is 32.2. The molecule has 0 heterocycles. The molecule has 0 aromatic heterocycles. The Balaban J connectivity index is 2.53. The van der Waals surface area contributed by atoms with Crippen molar-refractivity contribution in [2.75, 3.05) is 19.4 Å². The van der Waals surface area contributed by atoms with Crippen LogP contribution in [-0.2, 0) is 6.42 Å².